The van der Waals surface area contributed by atoms with E-state index in [1.807, 2.05) is 0 Å². The second kappa shape index (κ2) is 7.24. The van der Waals surface area contributed by atoms with Crippen LogP contribution in [0.1, 0.15) is 36.8 Å². The number of aromatic hydroxyl groups is 1. The molecule has 1 aromatic heterocycles. The van der Waals surface area contributed by atoms with Crippen LogP contribution in [-0.4, -0.2) is 45.4 Å². The molecular formula is C20H23F3N4O. The fourth-order valence-corrected chi connectivity index (χ4v) is 4.46. The molecule has 5 nitrogen and oxygen atoms in total. The van der Waals surface area contributed by atoms with Crippen molar-refractivity contribution in [2.75, 3.05) is 18.4 Å². The Morgan fingerprint density at radius 1 is 1.11 bits per heavy atom. The number of anilines is 1. The maximum absolute atomic E-state index is 12.9. The van der Waals surface area contributed by atoms with Gasteiger partial charge in [0.25, 0.3) is 0 Å². The molecule has 0 spiro atoms. The number of phenols is 1. The van der Waals surface area contributed by atoms with Crippen molar-refractivity contribution < 1.29 is 18.3 Å². The Kier molecular flexibility index (Phi) is 4.91. The average Bonchev–Trinajstić information content (AvgIpc) is 3.11. The molecule has 150 valence electrons. The Hall–Kier alpha value is -2.35. The summed E-state index contributed by atoms with van der Waals surface area (Å²) in [5, 5.41) is 21.9. The molecule has 2 aromatic rings. The van der Waals surface area contributed by atoms with E-state index in [2.05, 4.69) is 20.4 Å². The summed E-state index contributed by atoms with van der Waals surface area (Å²) in [6.07, 6.45) is 0.137. The number of aryl methyl sites for hydroxylation is 1. The number of benzene rings is 1. The van der Waals surface area contributed by atoms with E-state index in [0.717, 1.165) is 38.1 Å². The Balaban J connectivity index is 1.54. The zero-order valence-electron chi connectivity index (χ0n) is 15.6. The number of aromatic nitrogens is 2. The van der Waals surface area contributed by atoms with Crippen molar-refractivity contribution >= 4 is 5.82 Å². The number of hydrogen-bond donors (Lipinski definition) is 2. The number of hydrogen-bond acceptors (Lipinski definition) is 5. The van der Waals surface area contributed by atoms with Crippen LogP contribution in [0.15, 0.2) is 24.3 Å². The molecule has 0 radical (unpaired) electrons. The molecule has 2 N–H and O–H groups in total. The largest absolute Gasteiger partial charge is 0.507 e. The van der Waals surface area contributed by atoms with Crippen LogP contribution in [0.2, 0.25) is 0 Å². The summed E-state index contributed by atoms with van der Waals surface area (Å²) >= 11 is 0. The predicted octanol–water partition coefficient (Wildman–Crippen LogP) is 4.22. The quantitative estimate of drug-likeness (QED) is 0.819. The first-order valence-electron chi connectivity index (χ1n) is 9.58. The predicted molar refractivity (Wildman–Crippen MR) is 100 cm³/mol. The highest BCUT2D eigenvalue weighted by atomic mass is 19.4. The first-order chi connectivity index (χ1) is 13.3. The summed E-state index contributed by atoms with van der Waals surface area (Å²) in [6.45, 7) is 3.83. The molecule has 0 aliphatic carbocycles. The highest BCUT2D eigenvalue weighted by Crippen LogP contribution is 2.38. The van der Waals surface area contributed by atoms with E-state index in [4.69, 9.17) is 0 Å². The van der Waals surface area contributed by atoms with Gasteiger partial charge in [-0.15, -0.1) is 10.2 Å². The lowest BCUT2D eigenvalue weighted by atomic mass is 9.96. The van der Waals surface area contributed by atoms with Gasteiger partial charge < -0.3 is 10.4 Å². The third-order valence-corrected chi connectivity index (χ3v) is 5.74. The lowest BCUT2D eigenvalue weighted by Gasteiger charge is -2.37. The first-order valence-corrected chi connectivity index (χ1v) is 9.58. The number of piperidine rings is 1. The van der Waals surface area contributed by atoms with Gasteiger partial charge in [-0.2, -0.15) is 13.2 Å². The number of nitrogens with one attached hydrogen (secondary N) is 1. The molecule has 2 aliphatic heterocycles. The van der Waals surface area contributed by atoms with Crippen molar-refractivity contribution in [1.29, 1.82) is 0 Å². The lowest BCUT2D eigenvalue weighted by molar-refractivity contribution is -0.137. The molecule has 0 saturated carbocycles. The smallest absolute Gasteiger partial charge is 0.416 e. The zero-order valence-corrected chi connectivity index (χ0v) is 15.6. The molecule has 2 atom stereocenters. The van der Waals surface area contributed by atoms with Crippen molar-refractivity contribution in [1.82, 2.24) is 15.1 Å². The molecule has 28 heavy (non-hydrogen) atoms. The van der Waals surface area contributed by atoms with E-state index in [-0.39, 0.29) is 5.56 Å². The molecule has 3 heterocycles. The summed E-state index contributed by atoms with van der Waals surface area (Å²) in [5.41, 5.74) is 0.0409. The average molecular weight is 392 g/mol. The molecule has 8 heteroatoms. The molecule has 2 saturated heterocycles. The van der Waals surface area contributed by atoms with Gasteiger partial charge in [-0.05, 0) is 75.5 Å². The summed E-state index contributed by atoms with van der Waals surface area (Å²) in [4.78, 5) is 2.52. The van der Waals surface area contributed by atoms with Crippen molar-refractivity contribution in [3.05, 3.63) is 35.4 Å². The third kappa shape index (κ3) is 3.65. The fourth-order valence-electron chi connectivity index (χ4n) is 4.46. The van der Waals surface area contributed by atoms with Crippen LogP contribution in [0.25, 0.3) is 11.3 Å². The number of rotatable bonds is 3. The van der Waals surface area contributed by atoms with Gasteiger partial charge in [0.2, 0.25) is 0 Å². The Morgan fingerprint density at radius 3 is 2.50 bits per heavy atom. The zero-order chi connectivity index (χ0) is 19.9. The summed E-state index contributed by atoms with van der Waals surface area (Å²) in [7, 11) is 0. The maximum Gasteiger partial charge on any atom is 0.416 e. The first kappa shape index (κ1) is 19.0. The molecule has 0 amide bonds. The minimum Gasteiger partial charge on any atom is -0.507 e. The second-order valence-electron chi connectivity index (χ2n) is 7.63. The molecule has 1 aromatic carbocycles. The molecule has 2 fully saturated rings. The Morgan fingerprint density at radius 2 is 1.86 bits per heavy atom. The minimum atomic E-state index is -4.51. The van der Waals surface area contributed by atoms with Crippen LogP contribution in [0.3, 0.4) is 0 Å². The number of phenolic OH excluding ortho intramolecular Hbond substituents is 1. The molecular weight excluding hydrogens is 369 g/mol. The second-order valence-corrected chi connectivity index (χ2v) is 7.63. The number of halogens is 3. The van der Waals surface area contributed by atoms with Crippen LogP contribution >= 0.6 is 0 Å². The van der Waals surface area contributed by atoms with E-state index in [9.17, 15) is 18.3 Å². The lowest BCUT2D eigenvalue weighted by Crippen LogP contribution is -2.47. The van der Waals surface area contributed by atoms with Crippen LogP contribution in [0, 0.1) is 6.92 Å². The summed E-state index contributed by atoms with van der Waals surface area (Å²) in [5.74, 6) is 0.197. The van der Waals surface area contributed by atoms with Gasteiger partial charge in [0.05, 0.1) is 11.3 Å². The normalized spacial score (nSPS) is 22.9. The van der Waals surface area contributed by atoms with E-state index < -0.39 is 17.5 Å². The van der Waals surface area contributed by atoms with Gasteiger partial charge in [0, 0.05) is 17.6 Å². The summed E-state index contributed by atoms with van der Waals surface area (Å²) in [6, 6.07) is 6.05. The van der Waals surface area contributed by atoms with Crippen molar-refractivity contribution in [3.8, 4) is 17.0 Å². The summed E-state index contributed by atoms with van der Waals surface area (Å²) < 4.78 is 38.7. The highest BCUT2D eigenvalue weighted by molar-refractivity contribution is 5.71. The SMILES string of the molecule is Cc1cc(C(F)(F)F)cc(O)c1-c1ccc(N[C@@H]2CCCN3CCC[C@@H]23)nn1. The molecule has 4 rings (SSSR count). The number of fused-ring (bicyclic) bond motifs is 1. The van der Waals surface area contributed by atoms with E-state index in [1.165, 1.54) is 19.8 Å². The number of alkyl halides is 3. The van der Waals surface area contributed by atoms with E-state index in [0.29, 0.717) is 29.2 Å². The van der Waals surface area contributed by atoms with Crippen molar-refractivity contribution in [3.63, 3.8) is 0 Å². The Labute approximate surface area is 161 Å². The monoisotopic (exact) mass is 392 g/mol. The molecule has 0 bridgehead atoms. The standard InChI is InChI=1S/C20H23F3N4O/c1-12-10-13(20(21,22)23)11-17(28)19(12)15-6-7-18(26-25-15)24-14-4-2-8-27-9-3-5-16(14)27/h6-7,10-11,14,16,28H,2-5,8-9H2,1H3,(H,24,26)/t14-,16+/m1/s1. The molecule has 2 aliphatic rings. The fraction of sp³-hybridized carbons (Fsp3) is 0.500. The van der Waals surface area contributed by atoms with E-state index >= 15 is 0 Å². The topological polar surface area (TPSA) is 61.3 Å². The molecule has 0 unspecified atom stereocenters. The third-order valence-electron chi connectivity index (χ3n) is 5.74. The minimum absolute atomic E-state index is 0.270. The van der Waals surface area contributed by atoms with Gasteiger partial charge in [-0.25, -0.2) is 0 Å². The van der Waals surface area contributed by atoms with Crippen molar-refractivity contribution in [2.45, 2.75) is 50.9 Å². The van der Waals surface area contributed by atoms with Crippen LogP contribution in [-0.2, 0) is 6.18 Å². The van der Waals surface area contributed by atoms with Gasteiger partial charge in [-0.3, -0.25) is 4.90 Å². The van der Waals surface area contributed by atoms with Crippen LogP contribution < -0.4 is 5.32 Å². The maximum atomic E-state index is 12.9. The van der Waals surface area contributed by atoms with Crippen molar-refractivity contribution in [2.24, 2.45) is 0 Å². The van der Waals surface area contributed by atoms with Crippen LogP contribution in [0.5, 0.6) is 5.75 Å². The van der Waals surface area contributed by atoms with Gasteiger partial charge in [0.1, 0.15) is 11.6 Å². The number of nitrogens with zero attached hydrogens (tertiary/aromatic N) is 3. The van der Waals surface area contributed by atoms with Gasteiger partial charge >= 0.3 is 6.18 Å². The van der Waals surface area contributed by atoms with Gasteiger partial charge in [0.15, 0.2) is 0 Å². The van der Waals surface area contributed by atoms with E-state index in [1.54, 1.807) is 12.1 Å². The highest BCUT2D eigenvalue weighted by Gasteiger charge is 2.35. The Bertz CT molecular complexity index is 831. The van der Waals surface area contributed by atoms with Crippen LogP contribution in [0.4, 0.5) is 19.0 Å². The van der Waals surface area contributed by atoms with Gasteiger partial charge in [-0.1, -0.05) is 0 Å².